The predicted octanol–water partition coefficient (Wildman–Crippen LogP) is 3.71. The Kier molecular flexibility index (Phi) is 3.14. The van der Waals surface area contributed by atoms with Crippen LogP contribution in [0.5, 0.6) is 11.5 Å². The summed E-state index contributed by atoms with van der Waals surface area (Å²) in [5, 5.41) is 11.1. The van der Waals surface area contributed by atoms with E-state index in [0.717, 1.165) is 24.2 Å². The van der Waals surface area contributed by atoms with Crippen molar-refractivity contribution in [3.63, 3.8) is 0 Å². The van der Waals surface area contributed by atoms with Crippen LogP contribution < -0.4 is 4.74 Å². The highest BCUT2D eigenvalue weighted by Crippen LogP contribution is 2.33. The van der Waals surface area contributed by atoms with Gasteiger partial charge in [-0.05, 0) is 31.0 Å². The first-order chi connectivity index (χ1) is 7.29. The fourth-order valence-electron chi connectivity index (χ4n) is 2.08. The molecule has 0 fully saturated rings. The molecule has 0 saturated heterocycles. The average molecular weight is 205 g/mol. The third kappa shape index (κ3) is 2.44. The maximum atomic E-state index is 11.1. The molecule has 2 rings (SSSR count). The summed E-state index contributed by atoms with van der Waals surface area (Å²) in [6, 6.07) is 5.08. The molecule has 0 N–H and O–H groups in total. The quantitative estimate of drug-likeness (QED) is 0.689. The Labute approximate surface area is 90.9 Å². The van der Waals surface area contributed by atoms with Crippen LogP contribution in [0.2, 0.25) is 0 Å². The Morgan fingerprint density at radius 2 is 2.27 bits per heavy atom. The minimum Gasteiger partial charge on any atom is -0.490 e. The van der Waals surface area contributed by atoms with Gasteiger partial charge >= 0.3 is 0 Å². The van der Waals surface area contributed by atoms with Gasteiger partial charge < -0.3 is 4.74 Å². The van der Waals surface area contributed by atoms with Crippen LogP contribution >= 0.6 is 0 Å². The maximum absolute atomic E-state index is 11.1. The fourth-order valence-corrected chi connectivity index (χ4v) is 2.08. The van der Waals surface area contributed by atoms with E-state index in [1.54, 1.807) is 18.2 Å². The zero-order valence-electron chi connectivity index (χ0n) is 9.16. The Morgan fingerprint density at radius 3 is 3.07 bits per heavy atom. The number of unbranched alkanes of at least 4 members (excludes halogenated alkanes) is 2. The number of benzene rings is 1. The molecule has 1 atom stereocenters. The van der Waals surface area contributed by atoms with Crippen molar-refractivity contribution >= 4 is 0 Å². The van der Waals surface area contributed by atoms with E-state index in [1.165, 1.54) is 19.3 Å². The van der Waals surface area contributed by atoms with Crippen LogP contribution in [0.25, 0.3) is 0 Å². The highest BCUT2D eigenvalue weighted by atomic mass is 16.5. The van der Waals surface area contributed by atoms with Crippen LogP contribution in [-0.2, 0) is 11.5 Å². The van der Waals surface area contributed by atoms with Crippen molar-refractivity contribution in [2.24, 2.45) is 0 Å². The lowest BCUT2D eigenvalue weighted by atomic mass is 10.0. The molecule has 1 unspecified atom stereocenters. The molecule has 1 aliphatic heterocycles. The summed E-state index contributed by atoms with van der Waals surface area (Å²) < 4.78 is 5.77. The highest BCUT2D eigenvalue weighted by Gasteiger charge is 2.22. The van der Waals surface area contributed by atoms with Crippen LogP contribution in [0.1, 0.15) is 38.2 Å². The first-order valence-corrected chi connectivity index (χ1v) is 5.76. The first-order valence-electron chi connectivity index (χ1n) is 5.76. The summed E-state index contributed by atoms with van der Waals surface area (Å²) in [4.78, 5) is 0. The number of rotatable bonds is 4. The van der Waals surface area contributed by atoms with E-state index in [2.05, 4.69) is 6.92 Å². The van der Waals surface area contributed by atoms with Crippen molar-refractivity contribution in [2.45, 2.75) is 45.1 Å². The van der Waals surface area contributed by atoms with Gasteiger partial charge in [0.25, 0.3) is 0 Å². The van der Waals surface area contributed by atoms with Gasteiger partial charge in [-0.15, -0.1) is 0 Å². The summed E-state index contributed by atoms with van der Waals surface area (Å²) >= 11 is 0. The van der Waals surface area contributed by atoms with E-state index >= 15 is 0 Å². The van der Waals surface area contributed by atoms with Crippen LogP contribution in [0.15, 0.2) is 18.2 Å². The Hall–Kier alpha value is -1.18. The van der Waals surface area contributed by atoms with E-state index in [9.17, 15) is 5.11 Å². The smallest absolute Gasteiger partial charge is 0.179 e. The number of hydrogen-bond donors (Lipinski definition) is 0. The number of fused-ring (bicyclic) bond motifs is 1. The molecule has 1 aromatic rings. The van der Waals surface area contributed by atoms with E-state index in [-0.39, 0.29) is 5.75 Å². The van der Waals surface area contributed by atoms with Crippen LogP contribution in [0.4, 0.5) is 0 Å². The molecule has 0 amide bonds. The minimum atomic E-state index is 0.0894. The molecule has 1 aromatic carbocycles. The molecule has 0 aromatic heterocycles. The normalized spacial score (nSPS) is 18.6. The molecule has 0 spiro atoms. The Morgan fingerprint density at radius 1 is 1.40 bits per heavy atom. The van der Waals surface area contributed by atoms with Crippen molar-refractivity contribution in [1.29, 1.82) is 0 Å². The Bertz CT molecular complexity index is 333. The van der Waals surface area contributed by atoms with Gasteiger partial charge in [-0.3, -0.25) is 5.11 Å². The summed E-state index contributed by atoms with van der Waals surface area (Å²) in [6.07, 6.45) is 6.05. The lowest BCUT2D eigenvalue weighted by Gasteiger charge is -2.09. The summed E-state index contributed by atoms with van der Waals surface area (Å²) in [7, 11) is 0. The van der Waals surface area contributed by atoms with Gasteiger partial charge in [0.1, 0.15) is 11.9 Å². The highest BCUT2D eigenvalue weighted by molar-refractivity contribution is 5.42. The van der Waals surface area contributed by atoms with E-state index in [0.29, 0.717) is 6.10 Å². The summed E-state index contributed by atoms with van der Waals surface area (Å²) in [5.41, 5.74) is 1.09. The molecule has 1 heterocycles. The van der Waals surface area contributed by atoms with Gasteiger partial charge in [0.2, 0.25) is 0 Å². The monoisotopic (exact) mass is 205 g/mol. The second-order valence-electron chi connectivity index (χ2n) is 4.21. The molecule has 0 saturated carbocycles. The van der Waals surface area contributed by atoms with Gasteiger partial charge in [0, 0.05) is 12.0 Å². The summed E-state index contributed by atoms with van der Waals surface area (Å²) in [6.45, 7) is 2.20. The van der Waals surface area contributed by atoms with E-state index in [4.69, 9.17) is 4.74 Å². The van der Waals surface area contributed by atoms with Crippen molar-refractivity contribution in [1.82, 2.24) is 0 Å². The number of hydrogen-bond acceptors (Lipinski definition) is 1. The van der Waals surface area contributed by atoms with Gasteiger partial charge in [-0.25, -0.2) is 0 Å². The zero-order chi connectivity index (χ0) is 10.7. The second-order valence-corrected chi connectivity index (χ2v) is 4.21. The van der Waals surface area contributed by atoms with Crippen molar-refractivity contribution < 1.29 is 9.84 Å². The topological polar surface area (TPSA) is 29.1 Å². The molecule has 1 radical (unpaired) electrons. The first kappa shape index (κ1) is 10.3. The lowest BCUT2D eigenvalue weighted by Crippen LogP contribution is -2.12. The van der Waals surface area contributed by atoms with Crippen LogP contribution in [-0.4, -0.2) is 6.10 Å². The minimum absolute atomic E-state index is 0.0894. The van der Waals surface area contributed by atoms with Crippen molar-refractivity contribution in [3.05, 3.63) is 23.8 Å². The maximum Gasteiger partial charge on any atom is 0.179 e. The Balaban J connectivity index is 1.91. The third-order valence-corrected chi connectivity index (χ3v) is 2.90. The summed E-state index contributed by atoms with van der Waals surface area (Å²) in [5.74, 6) is 1.00. The van der Waals surface area contributed by atoms with Gasteiger partial charge in [0.05, 0.1) is 0 Å². The molecule has 2 nitrogen and oxygen atoms in total. The standard InChI is InChI=1S/C13H17O2/c1-2-3-4-5-12-9-10-8-11(14)6-7-13(10)15-12/h6-8,12H,2-5,9H2,1H3. The molecular weight excluding hydrogens is 188 g/mol. The average Bonchev–Trinajstić information content (AvgIpc) is 2.60. The van der Waals surface area contributed by atoms with Gasteiger partial charge in [-0.2, -0.15) is 0 Å². The van der Waals surface area contributed by atoms with Crippen LogP contribution in [0, 0.1) is 0 Å². The molecule has 1 aliphatic rings. The second kappa shape index (κ2) is 4.56. The molecule has 0 aliphatic carbocycles. The SMILES string of the molecule is CCCCCC1Cc2cc([O])ccc2O1. The molecular formula is C13H17O2. The predicted molar refractivity (Wildman–Crippen MR) is 58.8 cm³/mol. The fraction of sp³-hybridized carbons (Fsp3) is 0.538. The molecule has 15 heavy (non-hydrogen) atoms. The largest absolute Gasteiger partial charge is 0.490 e. The molecule has 81 valence electrons. The molecule has 0 bridgehead atoms. The van der Waals surface area contributed by atoms with Crippen LogP contribution in [0.3, 0.4) is 0 Å². The van der Waals surface area contributed by atoms with Gasteiger partial charge in [0.15, 0.2) is 5.75 Å². The van der Waals surface area contributed by atoms with E-state index < -0.39 is 0 Å². The zero-order valence-corrected chi connectivity index (χ0v) is 9.16. The number of ether oxygens (including phenoxy) is 1. The third-order valence-electron chi connectivity index (χ3n) is 2.90. The van der Waals surface area contributed by atoms with Gasteiger partial charge in [-0.1, -0.05) is 19.8 Å². The van der Waals surface area contributed by atoms with Crippen molar-refractivity contribution in [2.75, 3.05) is 0 Å². The lowest BCUT2D eigenvalue weighted by molar-refractivity contribution is 0.216. The van der Waals surface area contributed by atoms with E-state index in [1.807, 2.05) is 0 Å². The molecule has 2 heteroatoms. The van der Waals surface area contributed by atoms with Crippen molar-refractivity contribution in [3.8, 4) is 11.5 Å².